The molecule has 0 saturated heterocycles. The molecule has 0 aliphatic rings. The fourth-order valence-electron chi connectivity index (χ4n) is 1.13. The number of hydrogen-bond donors (Lipinski definition) is 1. The van der Waals surface area contributed by atoms with E-state index in [9.17, 15) is 0 Å². The molecule has 6 nitrogen and oxygen atoms in total. The smallest absolute Gasteiger partial charge is 0.254 e. The van der Waals surface area contributed by atoms with E-state index in [-0.39, 0.29) is 0 Å². The van der Waals surface area contributed by atoms with Gasteiger partial charge in [0, 0.05) is 18.1 Å². The first-order valence-electron chi connectivity index (χ1n) is 4.55. The van der Waals surface area contributed by atoms with Gasteiger partial charge < -0.3 is 0 Å². The molecule has 0 aromatic carbocycles. The molecule has 0 fully saturated rings. The van der Waals surface area contributed by atoms with E-state index in [1.54, 1.807) is 31.5 Å². The number of hydrogen-bond acceptors (Lipinski definition) is 4. The van der Waals surface area contributed by atoms with E-state index in [4.69, 9.17) is 6.57 Å². The average molecular weight is 212 g/mol. The molecule has 1 N–H and O–H groups in total. The zero-order chi connectivity index (χ0) is 11.4. The number of nitrogens with zero attached hydrogens (tertiary/aromatic N) is 5. The van der Waals surface area contributed by atoms with Crippen molar-refractivity contribution in [2.75, 3.05) is 0 Å². The van der Waals surface area contributed by atoms with Gasteiger partial charge in [0.15, 0.2) is 0 Å². The molecule has 0 aliphatic heterocycles. The molecule has 0 spiro atoms. The van der Waals surface area contributed by atoms with E-state index < -0.39 is 0 Å². The van der Waals surface area contributed by atoms with Crippen LogP contribution in [0.1, 0.15) is 5.69 Å². The second-order valence-electron chi connectivity index (χ2n) is 3.04. The zero-order valence-electron chi connectivity index (χ0n) is 8.55. The first-order valence-corrected chi connectivity index (χ1v) is 4.55. The largest absolute Gasteiger partial charge is 0.292 e. The molecule has 0 amide bonds. The maximum absolute atomic E-state index is 6.98. The Morgan fingerprint density at radius 3 is 2.75 bits per heavy atom. The van der Waals surface area contributed by atoms with Gasteiger partial charge in [-0.1, -0.05) is 0 Å². The highest BCUT2D eigenvalue weighted by atomic mass is 15.2. The summed E-state index contributed by atoms with van der Waals surface area (Å²) in [7, 11) is 0. The summed E-state index contributed by atoms with van der Waals surface area (Å²) in [6.45, 7) is 8.75. The van der Waals surface area contributed by atoms with Crippen LogP contribution in [0.3, 0.4) is 0 Å². The molecule has 16 heavy (non-hydrogen) atoms. The Morgan fingerprint density at radius 1 is 1.31 bits per heavy atom. The van der Waals surface area contributed by atoms with Crippen LogP contribution in [0, 0.1) is 13.5 Å². The number of azo groups is 1. The van der Waals surface area contributed by atoms with Gasteiger partial charge in [0.05, 0.1) is 12.3 Å². The number of pyridine rings is 1. The number of aromatic amines is 1. The number of aryl methyl sites for hydroxylation is 1. The van der Waals surface area contributed by atoms with E-state index in [0.717, 1.165) is 0 Å². The Labute approximate surface area is 91.9 Å². The minimum atomic E-state index is 0.310. The standard InChI is InChI=1S/C10H8N6/c1-7-9(11-2)10(15-13-7)16-14-8-3-5-12-6-4-8/h3-6H,1H3,(H,13,15). The zero-order valence-corrected chi connectivity index (χ0v) is 8.55. The van der Waals surface area contributed by atoms with Crippen LogP contribution in [0.5, 0.6) is 0 Å². The van der Waals surface area contributed by atoms with Gasteiger partial charge in [-0.05, 0) is 19.1 Å². The third-order valence-electron chi connectivity index (χ3n) is 1.93. The summed E-state index contributed by atoms with van der Waals surface area (Å²) in [5.74, 6) is 0.310. The summed E-state index contributed by atoms with van der Waals surface area (Å²) in [5.41, 5.74) is 1.77. The fourth-order valence-corrected chi connectivity index (χ4v) is 1.13. The molecule has 0 aliphatic carbocycles. The van der Waals surface area contributed by atoms with Gasteiger partial charge in [-0.15, -0.1) is 5.11 Å². The molecule has 2 aromatic heterocycles. The topological polar surface area (TPSA) is 70.7 Å². The van der Waals surface area contributed by atoms with Gasteiger partial charge in [0.2, 0.25) is 5.82 Å². The summed E-state index contributed by atoms with van der Waals surface area (Å²) in [4.78, 5) is 7.20. The fraction of sp³-hybridized carbons (Fsp3) is 0.100. The van der Waals surface area contributed by atoms with Crippen LogP contribution in [0.2, 0.25) is 0 Å². The van der Waals surface area contributed by atoms with E-state index in [1.807, 2.05) is 0 Å². The van der Waals surface area contributed by atoms with Crippen molar-refractivity contribution in [3.8, 4) is 0 Å². The van der Waals surface area contributed by atoms with Gasteiger partial charge in [-0.3, -0.25) is 10.1 Å². The molecular formula is C10H8N6. The van der Waals surface area contributed by atoms with E-state index >= 15 is 0 Å². The van der Waals surface area contributed by atoms with Crippen LogP contribution in [0.25, 0.3) is 4.85 Å². The van der Waals surface area contributed by atoms with Gasteiger partial charge in [0.25, 0.3) is 5.69 Å². The predicted octanol–water partition coefficient (Wildman–Crippen LogP) is 3.08. The van der Waals surface area contributed by atoms with Crippen LogP contribution in [-0.4, -0.2) is 15.2 Å². The minimum absolute atomic E-state index is 0.310. The second kappa shape index (κ2) is 4.31. The lowest BCUT2D eigenvalue weighted by molar-refractivity contribution is 1.03. The van der Waals surface area contributed by atoms with Gasteiger partial charge in [0.1, 0.15) is 0 Å². The predicted molar refractivity (Wildman–Crippen MR) is 58.0 cm³/mol. The lowest BCUT2D eigenvalue weighted by atomic mass is 10.4. The van der Waals surface area contributed by atoms with Crippen molar-refractivity contribution in [2.45, 2.75) is 6.92 Å². The molecule has 0 atom stereocenters. The molecule has 2 heterocycles. The number of aromatic nitrogens is 3. The maximum Gasteiger partial charge on any atom is 0.254 e. The number of rotatable bonds is 2. The van der Waals surface area contributed by atoms with Gasteiger partial charge in [-0.2, -0.15) is 10.2 Å². The van der Waals surface area contributed by atoms with Crippen LogP contribution < -0.4 is 0 Å². The summed E-state index contributed by atoms with van der Waals surface area (Å²) in [6, 6.07) is 3.45. The Bertz CT molecular complexity index is 548. The summed E-state index contributed by atoms with van der Waals surface area (Å²) in [6.07, 6.45) is 3.25. The molecule has 78 valence electrons. The number of nitrogens with one attached hydrogen (secondary N) is 1. The first-order chi connectivity index (χ1) is 7.81. The minimum Gasteiger partial charge on any atom is -0.292 e. The van der Waals surface area contributed by atoms with E-state index in [2.05, 4.69) is 30.3 Å². The van der Waals surface area contributed by atoms with E-state index in [0.29, 0.717) is 22.9 Å². The highest BCUT2D eigenvalue weighted by Crippen LogP contribution is 2.29. The van der Waals surface area contributed by atoms with Crippen molar-refractivity contribution < 1.29 is 0 Å². The van der Waals surface area contributed by atoms with Crippen molar-refractivity contribution in [3.05, 3.63) is 41.6 Å². The maximum atomic E-state index is 6.98. The van der Waals surface area contributed by atoms with Crippen LogP contribution in [-0.2, 0) is 0 Å². The summed E-state index contributed by atoms with van der Waals surface area (Å²) in [5, 5.41) is 14.4. The highest BCUT2D eigenvalue weighted by Gasteiger charge is 2.08. The normalized spacial score (nSPS) is 10.5. The van der Waals surface area contributed by atoms with Crippen LogP contribution in [0.4, 0.5) is 17.2 Å². The monoisotopic (exact) mass is 212 g/mol. The number of H-pyrrole nitrogens is 1. The molecule has 6 heteroatoms. The van der Waals surface area contributed by atoms with Gasteiger partial charge >= 0.3 is 0 Å². The third kappa shape index (κ3) is 1.93. The Kier molecular flexibility index (Phi) is 2.69. The Hall–Kier alpha value is -2.55. The summed E-state index contributed by atoms with van der Waals surface area (Å²) >= 11 is 0. The molecule has 0 bridgehead atoms. The van der Waals surface area contributed by atoms with Crippen molar-refractivity contribution in [2.24, 2.45) is 10.2 Å². The SMILES string of the molecule is [C-]#[N+]c1c(N=Nc2ccncc2)n[nH]c1C. The van der Waals surface area contributed by atoms with E-state index in [1.165, 1.54) is 0 Å². The van der Waals surface area contributed by atoms with Gasteiger partial charge in [-0.25, -0.2) is 4.85 Å². The van der Waals surface area contributed by atoms with Crippen molar-refractivity contribution in [1.29, 1.82) is 0 Å². The average Bonchev–Trinajstić information content (AvgIpc) is 2.68. The third-order valence-corrected chi connectivity index (χ3v) is 1.93. The molecule has 0 saturated carbocycles. The second-order valence-corrected chi connectivity index (χ2v) is 3.04. The van der Waals surface area contributed by atoms with Crippen LogP contribution >= 0.6 is 0 Å². The molecule has 2 rings (SSSR count). The first kappa shape index (κ1) is 9.98. The highest BCUT2D eigenvalue weighted by molar-refractivity contribution is 5.64. The lowest BCUT2D eigenvalue weighted by Gasteiger charge is -1.89. The molecule has 0 unspecified atom stereocenters. The molecule has 2 aromatic rings. The van der Waals surface area contributed by atoms with Crippen LogP contribution in [0.15, 0.2) is 34.8 Å². The van der Waals surface area contributed by atoms with Crippen molar-refractivity contribution in [1.82, 2.24) is 15.2 Å². The Balaban J connectivity index is 2.28. The van der Waals surface area contributed by atoms with Crippen molar-refractivity contribution >= 4 is 17.2 Å². The molecule has 0 radical (unpaired) electrons. The quantitative estimate of drug-likeness (QED) is 0.613. The molecular weight excluding hydrogens is 204 g/mol. The van der Waals surface area contributed by atoms with Crippen molar-refractivity contribution in [3.63, 3.8) is 0 Å². The lowest BCUT2D eigenvalue weighted by Crippen LogP contribution is -1.67. The Morgan fingerprint density at radius 2 is 2.06 bits per heavy atom. The summed E-state index contributed by atoms with van der Waals surface area (Å²) < 4.78 is 0.